The van der Waals surface area contributed by atoms with Crippen LogP contribution in [0.2, 0.25) is 0 Å². The molecule has 17 heteroatoms. The summed E-state index contributed by atoms with van der Waals surface area (Å²) in [6.07, 6.45) is -0.279. The summed E-state index contributed by atoms with van der Waals surface area (Å²) in [5, 5.41) is 21.4. The summed E-state index contributed by atoms with van der Waals surface area (Å²) in [5.41, 5.74) is -0.160. The molecular formula is C21H22F3N7O5S2. The second-order valence-corrected chi connectivity index (χ2v) is 11.6. The number of hydrogen-bond donors (Lipinski definition) is 3. The van der Waals surface area contributed by atoms with E-state index in [1.807, 2.05) is 6.07 Å². The normalized spacial score (nSPS) is 16.6. The molecule has 2 aliphatic carbocycles. The lowest BCUT2D eigenvalue weighted by atomic mass is 9.88. The van der Waals surface area contributed by atoms with E-state index in [0.717, 1.165) is 55.8 Å². The molecule has 2 aliphatic rings. The van der Waals surface area contributed by atoms with E-state index < -0.39 is 45.5 Å². The van der Waals surface area contributed by atoms with Crippen LogP contribution in [0.15, 0.2) is 32.9 Å². The average Bonchev–Trinajstić information content (AvgIpc) is 3.81. The van der Waals surface area contributed by atoms with Gasteiger partial charge in [-0.15, -0.1) is 0 Å². The topological polar surface area (TPSA) is 180 Å². The van der Waals surface area contributed by atoms with Gasteiger partial charge in [0.05, 0.1) is 11.8 Å². The Morgan fingerprint density at radius 2 is 1.87 bits per heavy atom. The van der Waals surface area contributed by atoms with E-state index in [0.29, 0.717) is 0 Å². The van der Waals surface area contributed by atoms with Crippen LogP contribution < -0.4 is 15.4 Å². The number of aromatic nitrogens is 3. The number of nitrogens with zero attached hydrogens (tertiary/aromatic N) is 4. The van der Waals surface area contributed by atoms with Crippen molar-refractivity contribution in [2.45, 2.75) is 47.8 Å². The number of anilines is 1. The van der Waals surface area contributed by atoms with Gasteiger partial charge in [0.1, 0.15) is 23.3 Å². The molecular weight excluding hydrogens is 551 g/mol. The molecule has 2 heterocycles. The van der Waals surface area contributed by atoms with E-state index in [4.69, 9.17) is 5.26 Å². The van der Waals surface area contributed by atoms with Crippen molar-refractivity contribution >= 4 is 39.4 Å². The Morgan fingerprint density at radius 3 is 2.42 bits per heavy atom. The largest absolute Gasteiger partial charge is 0.402 e. The van der Waals surface area contributed by atoms with Crippen molar-refractivity contribution in [1.29, 1.82) is 5.26 Å². The smallest absolute Gasteiger partial charge is 0.338 e. The molecule has 0 saturated heterocycles. The molecule has 0 radical (unpaired) electrons. The van der Waals surface area contributed by atoms with Crippen LogP contribution in [-0.2, 0) is 14.8 Å². The van der Waals surface area contributed by atoms with Crippen LogP contribution in [0.1, 0.15) is 36.2 Å². The maximum absolute atomic E-state index is 13.3. The van der Waals surface area contributed by atoms with Gasteiger partial charge in [0.25, 0.3) is 5.91 Å². The van der Waals surface area contributed by atoms with Crippen LogP contribution in [0.3, 0.4) is 0 Å². The van der Waals surface area contributed by atoms with E-state index in [9.17, 15) is 31.2 Å². The average molecular weight is 574 g/mol. The van der Waals surface area contributed by atoms with Gasteiger partial charge in [0.15, 0.2) is 5.03 Å². The summed E-state index contributed by atoms with van der Waals surface area (Å²) in [5.74, 6) is -1.02. The molecule has 3 N–H and O–H groups in total. The van der Waals surface area contributed by atoms with Crippen LogP contribution in [-0.4, -0.2) is 60.0 Å². The predicted molar refractivity (Wildman–Crippen MR) is 125 cm³/mol. The highest BCUT2D eigenvalue weighted by atomic mass is 32.2. The number of carbonyl (C=O) groups is 2. The van der Waals surface area contributed by atoms with Gasteiger partial charge < -0.3 is 10.6 Å². The summed E-state index contributed by atoms with van der Waals surface area (Å²) in [7, 11) is -4.47. The maximum Gasteiger partial charge on any atom is 0.402 e. The van der Waals surface area contributed by atoms with Gasteiger partial charge >= 0.3 is 6.18 Å². The fraction of sp³-hybridized carbons (Fsp3) is 0.524. The van der Waals surface area contributed by atoms with Crippen LogP contribution in [0.5, 0.6) is 0 Å². The predicted octanol–water partition coefficient (Wildman–Crippen LogP) is 2.09. The molecule has 2 fully saturated rings. The summed E-state index contributed by atoms with van der Waals surface area (Å²) in [4.78, 5) is 29.7. The highest BCUT2D eigenvalue weighted by Gasteiger charge is 2.48. The van der Waals surface area contributed by atoms with E-state index in [1.165, 1.54) is 4.72 Å². The number of amides is 2. The van der Waals surface area contributed by atoms with Crippen molar-refractivity contribution in [2.75, 3.05) is 17.6 Å². The molecule has 204 valence electrons. The van der Waals surface area contributed by atoms with Gasteiger partial charge in [-0.05, 0) is 65.9 Å². The number of alkyl halides is 3. The molecule has 2 saturated carbocycles. The van der Waals surface area contributed by atoms with Crippen LogP contribution in [0.4, 0.5) is 19.0 Å². The first-order valence-electron chi connectivity index (χ1n) is 11.4. The van der Waals surface area contributed by atoms with Crippen molar-refractivity contribution in [3.05, 3.63) is 24.0 Å². The molecule has 0 aromatic carbocycles. The monoisotopic (exact) mass is 573 g/mol. The number of rotatable bonds is 12. The molecule has 38 heavy (non-hydrogen) atoms. The molecule has 0 unspecified atom stereocenters. The third-order valence-electron chi connectivity index (χ3n) is 5.99. The molecule has 4 rings (SSSR count). The number of hydrogen-bond acceptors (Lipinski definition) is 10. The fourth-order valence-electron chi connectivity index (χ4n) is 4.03. The van der Waals surface area contributed by atoms with Crippen molar-refractivity contribution in [1.82, 2.24) is 25.3 Å². The molecule has 2 amide bonds. The molecule has 1 atom stereocenters. The van der Waals surface area contributed by atoms with Gasteiger partial charge in [-0.3, -0.25) is 9.59 Å². The van der Waals surface area contributed by atoms with Crippen molar-refractivity contribution in [3.63, 3.8) is 0 Å². The number of carbonyl (C=O) groups excluding carboxylic acids is 2. The standard InChI is InChI=1S/C21H22F3N7O5S2/c22-21(23,24)10-27-38(34,35)13-5-6-14(26-9-13)28-18(32)16(15(11-1-2-11)12-3-4-12)29-19(33)17-20(31-36-30-17)37-8-7-25/h5-6,9,11-12,15-16,27H,1-4,8,10H2,(H,29,33)(H,26,28,32)/t16-/m0/s1. The van der Waals surface area contributed by atoms with Crippen LogP contribution in [0.25, 0.3) is 0 Å². The van der Waals surface area contributed by atoms with Crippen molar-refractivity contribution < 1.29 is 35.8 Å². The number of halogens is 3. The Hall–Kier alpha value is -3.23. The van der Waals surface area contributed by atoms with E-state index >= 15 is 0 Å². The number of nitrogens with one attached hydrogen (secondary N) is 3. The minimum absolute atomic E-state index is 0.00823. The van der Waals surface area contributed by atoms with Gasteiger partial charge in [-0.1, -0.05) is 11.8 Å². The molecule has 0 bridgehead atoms. The minimum atomic E-state index is -4.73. The quantitative estimate of drug-likeness (QED) is 0.318. The minimum Gasteiger partial charge on any atom is -0.338 e. The number of nitriles is 1. The summed E-state index contributed by atoms with van der Waals surface area (Å²) < 4.78 is 67.4. The van der Waals surface area contributed by atoms with Crippen molar-refractivity contribution in [3.8, 4) is 6.07 Å². The Balaban J connectivity index is 1.49. The summed E-state index contributed by atoms with van der Waals surface area (Å²) >= 11 is 0.957. The zero-order valence-electron chi connectivity index (χ0n) is 19.6. The lowest BCUT2D eigenvalue weighted by Gasteiger charge is -2.27. The zero-order chi connectivity index (χ0) is 27.5. The van der Waals surface area contributed by atoms with Gasteiger partial charge in [0, 0.05) is 6.20 Å². The summed E-state index contributed by atoms with van der Waals surface area (Å²) in [6.45, 7) is -1.74. The Kier molecular flexibility index (Phi) is 8.23. The fourth-order valence-corrected chi connectivity index (χ4v) is 5.54. The van der Waals surface area contributed by atoms with Crippen molar-refractivity contribution in [2.24, 2.45) is 17.8 Å². The lowest BCUT2D eigenvalue weighted by molar-refractivity contribution is -0.121. The third-order valence-corrected chi connectivity index (χ3v) is 8.20. The second-order valence-electron chi connectivity index (χ2n) is 8.88. The van der Waals surface area contributed by atoms with Crippen LogP contribution in [0, 0.1) is 29.1 Å². The Labute approximate surface area is 219 Å². The molecule has 0 spiro atoms. The zero-order valence-corrected chi connectivity index (χ0v) is 21.2. The van der Waals surface area contributed by atoms with E-state index in [-0.39, 0.29) is 40.0 Å². The highest BCUT2D eigenvalue weighted by molar-refractivity contribution is 7.99. The first kappa shape index (κ1) is 27.8. The van der Waals surface area contributed by atoms with E-state index in [2.05, 4.69) is 30.6 Å². The molecule has 2 aromatic rings. The number of sulfonamides is 1. The number of thioether (sulfide) groups is 1. The highest BCUT2D eigenvalue weighted by Crippen LogP contribution is 2.51. The first-order chi connectivity index (χ1) is 18.0. The molecule has 12 nitrogen and oxygen atoms in total. The first-order valence-corrected chi connectivity index (χ1v) is 13.9. The second kappa shape index (κ2) is 11.3. The third kappa shape index (κ3) is 7.20. The van der Waals surface area contributed by atoms with E-state index in [1.54, 1.807) is 0 Å². The van der Waals surface area contributed by atoms with Crippen LogP contribution >= 0.6 is 11.8 Å². The Bertz CT molecular complexity index is 1310. The van der Waals surface area contributed by atoms with Gasteiger partial charge in [0.2, 0.25) is 21.6 Å². The lowest BCUT2D eigenvalue weighted by Crippen LogP contribution is -2.50. The number of pyridine rings is 1. The molecule has 0 aliphatic heterocycles. The van der Waals surface area contributed by atoms with Gasteiger partial charge in [-0.2, -0.15) is 18.4 Å². The Morgan fingerprint density at radius 1 is 1.18 bits per heavy atom. The SMILES string of the molecule is N#CCSc1nonc1C(=O)N[C@H](C(=O)Nc1ccc(S(=O)(=O)NCC(F)(F)F)cn1)C(C1CC1)C1CC1. The molecule has 2 aromatic heterocycles. The maximum atomic E-state index is 13.3. The summed E-state index contributed by atoms with van der Waals surface area (Å²) in [6, 6.07) is 3.08. The van der Waals surface area contributed by atoms with Gasteiger partial charge in [-0.25, -0.2) is 22.8 Å².